The van der Waals surface area contributed by atoms with Crippen molar-refractivity contribution in [1.29, 1.82) is 0 Å². The molecule has 1 saturated heterocycles. The molecule has 13 nitrogen and oxygen atoms in total. The molecule has 1 fully saturated rings. The number of likely N-dealkylation sites (tertiary alicyclic amines) is 1. The van der Waals surface area contributed by atoms with Crippen LogP contribution in [0.4, 0.5) is 5.82 Å². The molecule has 2 amide bonds. The molecule has 4 atom stereocenters. The van der Waals surface area contributed by atoms with E-state index >= 15 is 0 Å². The molecule has 2 unspecified atom stereocenters. The number of thiazole rings is 1. The van der Waals surface area contributed by atoms with Gasteiger partial charge in [0.15, 0.2) is 5.82 Å². The number of carbonyl (C=O) groups is 2. The van der Waals surface area contributed by atoms with Crippen LogP contribution in [-0.4, -0.2) is 65.8 Å². The van der Waals surface area contributed by atoms with Crippen molar-refractivity contribution < 1.29 is 19.2 Å². The Morgan fingerprint density at radius 2 is 1.70 bits per heavy atom. The van der Waals surface area contributed by atoms with Crippen LogP contribution in [0.2, 0.25) is 0 Å². The van der Waals surface area contributed by atoms with Crippen LogP contribution in [0.15, 0.2) is 93.8 Å². The van der Waals surface area contributed by atoms with Crippen molar-refractivity contribution in [2.45, 2.75) is 58.2 Å². The van der Waals surface area contributed by atoms with Crippen molar-refractivity contribution in [3.05, 3.63) is 112 Å². The molecule has 0 saturated carbocycles. The number of aryl methyl sites for hydroxylation is 1. The maximum absolute atomic E-state index is 14.2. The molecular formula is C40H40N8O5S. The van der Waals surface area contributed by atoms with Gasteiger partial charge in [0.25, 0.3) is 5.56 Å². The molecule has 2 aromatic carbocycles. The van der Waals surface area contributed by atoms with Crippen molar-refractivity contribution >= 4 is 29.0 Å². The Balaban J connectivity index is 1.06. The standard InChI is InChI=1S/C40H40N8O5S/c1-21(2)35(40(52)48-19-28(49)16-33(48)39(51)44-22(3)24-7-13-27(14-8-24)36-23(4)43-20-54-36)34-18-31(47-53-34)26-11-9-25(10-12-26)30-17-32(45-46-37(30)41)29-6-5-15-42-38(29)50/h5-15,17-18,20-22,28,33,35,49H,16,19H2,1-4H3,(H2,41,46)(H,42,50)(H,44,51)/t22?,28-,33+,35?/m1/s1. The van der Waals surface area contributed by atoms with Gasteiger partial charge in [-0.15, -0.1) is 21.5 Å². The fourth-order valence-electron chi connectivity index (χ4n) is 6.89. The lowest BCUT2D eigenvalue weighted by molar-refractivity contribution is -0.141. The maximum Gasteiger partial charge on any atom is 0.257 e. The number of nitrogen functional groups attached to an aromatic ring is 1. The van der Waals surface area contributed by atoms with Crippen molar-refractivity contribution in [2.24, 2.45) is 5.92 Å². The zero-order valence-corrected chi connectivity index (χ0v) is 31.0. The van der Waals surface area contributed by atoms with Gasteiger partial charge in [-0.2, -0.15) is 0 Å². The highest BCUT2D eigenvalue weighted by molar-refractivity contribution is 7.13. The third-order valence-electron chi connectivity index (χ3n) is 9.82. The summed E-state index contributed by atoms with van der Waals surface area (Å²) in [6.07, 6.45) is 0.840. The topological polar surface area (TPSA) is 193 Å². The molecule has 0 radical (unpaired) electrons. The number of H-pyrrole nitrogens is 1. The number of aliphatic hydroxyl groups excluding tert-OH is 1. The van der Waals surface area contributed by atoms with E-state index in [4.69, 9.17) is 10.3 Å². The first-order chi connectivity index (χ1) is 26.0. The van der Waals surface area contributed by atoms with Gasteiger partial charge in [-0.3, -0.25) is 14.4 Å². The number of rotatable bonds is 10. The number of benzene rings is 2. The van der Waals surface area contributed by atoms with E-state index in [1.165, 1.54) is 4.90 Å². The third kappa shape index (κ3) is 7.30. The Kier molecular flexibility index (Phi) is 10.2. The van der Waals surface area contributed by atoms with Crippen molar-refractivity contribution in [2.75, 3.05) is 12.3 Å². The van der Waals surface area contributed by atoms with Gasteiger partial charge in [-0.1, -0.05) is 67.5 Å². The van der Waals surface area contributed by atoms with Crippen molar-refractivity contribution in [3.8, 4) is 44.1 Å². The van der Waals surface area contributed by atoms with E-state index in [2.05, 4.69) is 30.6 Å². The molecule has 6 aromatic rings. The average molecular weight is 745 g/mol. The first-order valence-electron chi connectivity index (χ1n) is 17.7. The summed E-state index contributed by atoms with van der Waals surface area (Å²) in [7, 11) is 0. The van der Waals surface area contributed by atoms with Crippen LogP contribution in [0, 0.1) is 12.8 Å². The Labute approximate surface area is 315 Å². The number of aromatic nitrogens is 5. The largest absolute Gasteiger partial charge is 0.391 e. The molecule has 276 valence electrons. The smallest absolute Gasteiger partial charge is 0.257 e. The quantitative estimate of drug-likeness (QED) is 0.134. The van der Waals surface area contributed by atoms with Crippen LogP contribution in [-0.2, 0) is 9.59 Å². The molecule has 14 heteroatoms. The summed E-state index contributed by atoms with van der Waals surface area (Å²) in [6, 6.07) is 21.1. The van der Waals surface area contributed by atoms with Crippen LogP contribution in [0.25, 0.3) is 44.1 Å². The Morgan fingerprint density at radius 1 is 0.981 bits per heavy atom. The molecule has 0 bridgehead atoms. The SMILES string of the molecule is Cc1ncsc1-c1ccc(C(C)NC(=O)[C@@H]2C[C@@H](O)CN2C(=O)C(c2cc(-c3ccc(-c4cc(-c5ccc[nH]c5=O)nnc4N)cc3)no2)C(C)C)cc1. The number of nitrogens with two attached hydrogens (primary N) is 1. The highest BCUT2D eigenvalue weighted by atomic mass is 32.1. The lowest BCUT2D eigenvalue weighted by Crippen LogP contribution is -2.48. The molecule has 1 aliphatic heterocycles. The monoisotopic (exact) mass is 744 g/mol. The predicted octanol–water partition coefficient (Wildman–Crippen LogP) is 5.75. The van der Waals surface area contributed by atoms with E-state index in [-0.39, 0.29) is 48.1 Å². The lowest BCUT2D eigenvalue weighted by Gasteiger charge is -2.29. The van der Waals surface area contributed by atoms with Gasteiger partial charge in [-0.05, 0) is 54.7 Å². The number of hydrogen-bond donors (Lipinski definition) is 4. The van der Waals surface area contributed by atoms with Crippen LogP contribution >= 0.6 is 11.3 Å². The van der Waals surface area contributed by atoms with Crippen LogP contribution in [0.1, 0.15) is 56.2 Å². The number of pyridine rings is 1. The number of aromatic amines is 1. The minimum absolute atomic E-state index is 0.0350. The molecule has 1 aliphatic rings. The van der Waals surface area contributed by atoms with Crippen molar-refractivity contribution in [1.82, 2.24) is 35.5 Å². The van der Waals surface area contributed by atoms with E-state index in [1.54, 1.807) is 41.8 Å². The van der Waals surface area contributed by atoms with Crippen LogP contribution in [0.3, 0.4) is 0 Å². The number of hydrogen-bond acceptors (Lipinski definition) is 11. The predicted molar refractivity (Wildman–Crippen MR) is 206 cm³/mol. The molecule has 5 heterocycles. The van der Waals surface area contributed by atoms with Gasteiger partial charge < -0.3 is 30.6 Å². The number of nitrogens with one attached hydrogen (secondary N) is 2. The van der Waals surface area contributed by atoms with E-state index < -0.39 is 18.1 Å². The van der Waals surface area contributed by atoms with E-state index in [1.807, 2.05) is 81.7 Å². The Bertz CT molecular complexity index is 2350. The van der Waals surface area contributed by atoms with Gasteiger partial charge in [-0.25, -0.2) is 4.98 Å². The molecule has 4 aromatic heterocycles. The summed E-state index contributed by atoms with van der Waals surface area (Å²) >= 11 is 1.58. The Morgan fingerprint density at radius 3 is 2.39 bits per heavy atom. The summed E-state index contributed by atoms with van der Waals surface area (Å²) in [5, 5.41) is 26.2. The maximum atomic E-state index is 14.2. The Hall–Kier alpha value is -5.99. The molecule has 54 heavy (non-hydrogen) atoms. The minimum atomic E-state index is -0.846. The van der Waals surface area contributed by atoms with Crippen LogP contribution < -0.4 is 16.6 Å². The summed E-state index contributed by atoms with van der Waals surface area (Å²) < 4.78 is 5.79. The third-order valence-corrected chi connectivity index (χ3v) is 10.8. The second kappa shape index (κ2) is 15.2. The number of nitrogens with zero attached hydrogens (tertiary/aromatic N) is 5. The second-order valence-corrected chi connectivity index (χ2v) is 14.7. The molecular weight excluding hydrogens is 705 g/mol. The summed E-state index contributed by atoms with van der Waals surface area (Å²) in [6.45, 7) is 7.72. The summed E-state index contributed by atoms with van der Waals surface area (Å²) in [4.78, 5) is 49.8. The van der Waals surface area contributed by atoms with Crippen LogP contribution in [0.5, 0.6) is 0 Å². The first kappa shape index (κ1) is 36.4. The van der Waals surface area contributed by atoms with Crippen molar-refractivity contribution in [3.63, 3.8) is 0 Å². The second-order valence-electron chi connectivity index (χ2n) is 13.9. The number of amides is 2. The summed E-state index contributed by atoms with van der Waals surface area (Å²) in [5.74, 6) is -1.01. The fourth-order valence-corrected chi connectivity index (χ4v) is 7.71. The fraction of sp³-hybridized carbons (Fsp3) is 0.275. The minimum Gasteiger partial charge on any atom is -0.391 e. The molecule has 7 rings (SSSR count). The molecule has 0 spiro atoms. The van der Waals surface area contributed by atoms with Gasteiger partial charge in [0, 0.05) is 36.4 Å². The lowest BCUT2D eigenvalue weighted by atomic mass is 9.91. The van der Waals surface area contributed by atoms with E-state index in [0.29, 0.717) is 28.3 Å². The zero-order chi connectivity index (χ0) is 38.1. The number of aliphatic hydroxyl groups is 1. The van der Waals surface area contributed by atoms with E-state index in [9.17, 15) is 19.5 Å². The number of β-amino-alcohol motifs (C(OH)–C–C–N with tert-alkyl or cyclic N) is 1. The van der Waals surface area contributed by atoms with Gasteiger partial charge >= 0.3 is 0 Å². The molecule has 5 N–H and O–H groups in total. The summed E-state index contributed by atoms with van der Waals surface area (Å²) in [5.41, 5.74) is 14.1. The average Bonchev–Trinajstić information content (AvgIpc) is 3.92. The number of carbonyl (C=O) groups excluding carboxylic acids is 2. The van der Waals surface area contributed by atoms with Gasteiger partial charge in [0.05, 0.1) is 39.5 Å². The highest BCUT2D eigenvalue weighted by Gasteiger charge is 2.43. The molecule has 0 aliphatic carbocycles. The van der Waals surface area contributed by atoms with Gasteiger partial charge in [0.1, 0.15) is 23.4 Å². The van der Waals surface area contributed by atoms with E-state index in [0.717, 1.165) is 32.8 Å². The van der Waals surface area contributed by atoms with Gasteiger partial charge in [0.2, 0.25) is 11.8 Å². The first-order valence-corrected chi connectivity index (χ1v) is 18.5. The highest BCUT2D eigenvalue weighted by Crippen LogP contribution is 2.35. The normalized spacial score (nSPS) is 16.7. The number of anilines is 1. The zero-order valence-electron chi connectivity index (χ0n) is 30.2.